The third-order valence-corrected chi connectivity index (χ3v) is 3.37. The molecule has 3 nitrogen and oxygen atoms in total. The van der Waals surface area contributed by atoms with Crippen molar-refractivity contribution in [3.8, 4) is 11.3 Å². The van der Waals surface area contributed by atoms with E-state index in [0.29, 0.717) is 5.56 Å². The third kappa shape index (κ3) is 5.10. The molecule has 2 aromatic carbocycles. The Morgan fingerprint density at radius 1 is 1.00 bits per heavy atom. The van der Waals surface area contributed by atoms with Crippen molar-refractivity contribution in [2.75, 3.05) is 5.33 Å². The first kappa shape index (κ1) is 17.0. The van der Waals surface area contributed by atoms with Crippen molar-refractivity contribution in [1.82, 2.24) is 4.98 Å². The highest BCUT2D eigenvalue weighted by atomic mass is 79.9. The minimum Gasteiger partial charge on any atom is -0.451 e. The van der Waals surface area contributed by atoms with Gasteiger partial charge in [-0.2, -0.15) is 0 Å². The summed E-state index contributed by atoms with van der Waals surface area (Å²) in [5.74, 6) is -0.608. The summed E-state index contributed by atoms with van der Waals surface area (Å²) in [5.41, 5.74) is 2.10. The van der Waals surface area contributed by atoms with Crippen molar-refractivity contribution in [2.24, 2.45) is 0 Å². The second kappa shape index (κ2) is 8.33. The minimum absolute atomic E-state index is 0.0370. The summed E-state index contributed by atoms with van der Waals surface area (Å²) in [6.07, 6.45) is 2.87. The lowest BCUT2D eigenvalue weighted by Crippen LogP contribution is -1.98. The predicted octanol–water partition coefficient (Wildman–Crippen LogP) is 4.88. The zero-order valence-corrected chi connectivity index (χ0v) is 13.5. The molecule has 0 aliphatic heterocycles. The number of Topliss-reactive ketones (excluding diaryl/α,β-unsaturated/α-hetero) is 1. The van der Waals surface area contributed by atoms with Crippen LogP contribution >= 0.6 is 15.9 Å². The van der Waals surface area contributed by atoms with Crippen LogP contribution in [0.25, 0.3) is 11.3 Å². The molecule has 0 N–H and O–H groups in total. The quantitative estimate of drug-likeness (QED) is 0.480. The molecular weight excluding hydrogens is 368 g/mol. The van der Waals surface area contributed by atoms with Gasteiger partial charge in [-0.1, -0.05) is 15.9 Å². The van der Waals surface area contributed by atoms with Gasteiger partial charge in [-0.25, -0.2) is 13.8 Å². The van der Waals surface area contributed by atoms with E-state index in [1.54, 1.807) is 12.1 Å². The SMILES string of the molecule is Fc1ccc(-c2cocn2)cc1.O=C(CBr)c1ccc(F)cc1. The van der Waals surface area contributed by atoms with Gasteiger partial charge in [-0.05, 0) is 48.5 Å². The molecule has 0 spiro atoms. The van der Waals surface area contributed by atoms with Crippen LogP contribution in [0, 0.1) is 11.6 Å². The molecule has 118 valence electrons. The van der Waals surface area contributed by atoms with E-state index in [1.165, 1.54) is 49.1 Å². The highest BCUT2D eigenvalue weighted by Crippen LogP contribution is 2.16. The lowest BCUT2D eigenvalue weighted by Gasteiger charge is -1.94. The molecule has 0 unspecified atom stereocenters. The molecule has 6 heteroatoms. The number of hydrogen-bond donors (Lipinski definition) is 0. The maximum absolute atomic E-state index is 12.5. The minimum atomic E-state index is -0.323. The molecule has 0 bridgehead atoms. The second-order valence-electron chi connectivity index (χ2n) is 4.44. The highest BCUT2D eigenvalue weighted by Gasteiger charge is 2.02. The first-order valence-electron chi connectivity index (χ1n) is 6.59. The largest absolute Gasteiger partial charge is 0.451 e. The smallest absolute Gasteiger partial charge is 0.181 e. The van der Waals surface area contributed by atoms with Crippen LogP contribution < -0.4 is 0 Å². The molecule has 0 atom stereocenters. The second-order valence-corrected chi connectivity index (χ2v) is 5.01. The summed E-state index contributed by atoms with van der Waals surface area (Å²) in [6, 6.07) is 11.6. The molecule has 0 aliphatic rings. The van der Waals surface area contributed by atoms with E-state index in [4.69, 9.17) is 4.42 Å². The lowest BCUT2D eigenvalue weighted by molar-refractivity contribution is 0.102. The topological polar surface area (TPSA) is 43.1 Å². The summed E-state index contributed by atoms with van der Waals surface area (Å²) in [6.45, 7) is 0. The summed E-state index contributed by atoms with van der Waals surface area (Å²) in [5, 5.41) is 0.276. The summed E-state index contributed by atoms with van der Waals surface area (Å²) in [7, 11) is 0. The highest BCUT2D eigenvalue weighted by molar-refractivity contribution is 9.09. The van der Waals surface area contributed by atoms with E-state index >= 15 is 0 Å². The van der Waals surface area contributed by atoms with E-state index in [-0.39, 0.29) is 22.7 Å². The van der Waals surface area contributed by atoms with Crippen LogP contribution in [0.2, 0.25) is 0 Å². The van der Waals surface area contributed by atoms with Crippen LogP contribution in [0.15, 0.2) is 65.6 Å². The van der Waals surface area contributed by atoms with Gasteiger partial charge in [0.1, 0.15) is 23.6 Å². The predicted molar refractivity (Wildman–Crippen MR) is 86.4 cm³/mol. The Bertz CT molecular complexity index is 741. The molecule has 3 aromatic rings. The lowest BCUT2D eigenvalue weighted by atomic mass is 10.1. The van der Waals surface area contributed by atoms with Gasteiger partial charge in [0.05, 0.1) is 5.33 Å². The molecule has 0 fully saturated rings. The number of aromatic nitrogens is 1. The van der Waals surface area contributed by atoms with E-state index in [0.717, 1.165) is 11.3 Å². The normalized spacial score (nSPS) is 9.87. The summed E-state index contributed by atoms with van der Waals surface area (Å²) < 4.78 is 29.6. The van der Waals surface area contributed by atoms with Crippen molar-refractivity contribution in [1.29, 1.82) is 0 Å². The Balaban J connectivity index is 0.000000168. The first-order valence-corrected chi connectivity index (χ1v) is 7.71. The summed E-state index contributed by atoms with van der Waals surface area (Å²) >= 11 is 3.03. The van der Waals surface area contributed by atoms with Gasteiger partial charge in [0.15, 0.2) is 12.2 Å². The van der Waals surface area contributed by atoms with Gasteiger partial charge in [0.2, 0.25) is 0 Å². The molecule has 0 saturated carbocycles. The van der Waals surface area contributed by atoms with Crippen molar-refractivity contribution in [3.63, 3.8) is 0 Å². The Kier molecular flexibility index (Phi) is 6.17. The summed E-state index contributed by atoms with van der Waals surface area (Å²) in [4.78, 5) is 14.9. The molecule has 0 amide bonds. The Labute approximate surface area is 140 Å². The molecule has 0 aliphatic carbocycles. The number of oxazole rings is 1. The Morgan fingerprint density at radius 3 is 2.04 bits per heavy atom. The molecule has 23 heavy (non-hydrogen) atoms. The van der Waals surface area contributed by atoms with Gasteiger partial charge in [-0.15, -0.1) is 0 Å². The fourth-order valence-corrected chi connectivity index (χ4v) is 2.01. The fourth-order valence-electron chi connectivity index (χ4n) is 1.69. The Hall–Kier alpha value is -2.34. The van der Waals surface area contributed by atoms with Gasteiger partial charge in [-0.3, -0.25) is 4.79 Å². The van der Waals surface area contributed by atoms with Crippen LogP contribution in [-0.2, 0) is 0 Å². The third-order valence-electron chi connectivity index (χ3n) is 2.86. The van der Waals surface area contributed by atoms with Crippen molar-refractivity contribution in [2.45, 2.75) is 0 Å². The number of rotatable bonds is 3. The van der Waals surface area contributed by atoms with Crippen molar-refractivity contribution >= 4 is 21.7 Å². The van der Waals surface area contributed by atoms with Crippen molar-refractivity contribution < 1.29 is 18.0 Å². The molecule has 1 heterocycles. The average Bonchev–Trinajstić information content (AvgIpc) is 3.11. The van der Waals surface area contributed by atoms with E-state index < -0.39 is 0 Å². The number of nitrogens with zero attached hydrogens (tertiary/aromatic N) is 1. The Morgan fingerprint density at radius 2 is 1.57 bits per heavy atom. The zero-order chi connectivity index (χ0) is 16.7. The standard InChI is InChI=1S/C9H6FNO.C8H6BrFO/c10-8-3-1-7(2-4-8)9-5-12-6-11-9;9-5-8(11)6-1-3-7(10)4-2-6/h1-6H;1-4H,5H2. The number of carbonyl (C=O) groups excluding carboxylic acids is 1. The molecular formula is C17H12BrF2NO2. The monoisotopic (exact) mass is 379 g/mol. The van der Waals surface area contributed by atoms with Crippen LogP contribution in [-0.4, -0.2) is 16.1 Å². The number of halogens is 3. The number of alkyl halides is 1. The number of hydrogen-bond acceptors (Lipinski definition) is 3. The number of benzene rings is 2. The van der Waals surface area contributed by atoms with Crippen LogP contribution in [0.5, 0.6) is 0 Å². The van der Waals surface area contributed by atoms with Crippen LogP contribution in [0.3, 0.4) is 0 Å². The average molecular weight is 380 g/mol. The molecule has 1 aromatic heterocycles. The van der Waals surface area contributed by atoms with Gasteiger partial charge < -0.3 is 4.42 Å². The number of carbonyl (C=O) groups is 1. The van der Waals surface area contributed by atoms with E-state index in [2.05, 4.69) is 20.9 Å². The van der Waals surface area contributed by atoms with Crippen LogP contribution in [0.4, 0.5) is 8.78 Å². The molecule has 0 radical (unpaired) electrons. The van der Waals surface area contributed by atoms with Gasteiger partial charge >= 0.3 is 0 Å². The molecule has 0 saturated heterocycles. The van der Waals surface area contributed by atoms with Crippen LogP contribution in [0.1, 0.15) is 10.4 Å². The molecule has 3 rings (SSSR count). The van der Waals surface area contributed by atoms with E-state index in [9.17, 15) is 13.6 Å². The maximum atomic E-state index is 12.5. The number of ketones is 1. The van der Waals surface area contributed by atoms with Crippen molar-refractivity contribution in [3.05, 3.63) is 78.4 Å². The van der Waals surface area contributed by atoms with E-state index in [1.807, 2.05) is 0 Å². The van der Waals surface area contributed by atoms with Gasteiger partial charge in [0, 0.05) is 11.1 Å². The van der Waals surface area contributed by atoms with Gasteiger partial charge in [0.25, 0.3) is 0 Å². The zero-order valence-electron chi connectivity index (χ0n) is 11.9. The maximum Gasteiger partial charge on any atom is 0.181 e. The first-order chi connectivity index (χ1) is 11.1. The fraction of sp³-hybridized carbons (Fsp3) is 0.0588.